The summed E-state index contributed by atoms with van der Waals surface area (Å²) in [5, 5.41) is 13.5. The first-order valence-corrected chi connectivity index (χ1v) is 5.35. The minimum Gasteiger partial charge on any atom is -0.395 e. The molecule has 0 aliphatic rings. The van der Waals surface area contributed by atoms with Crippen LogP contribution in [0.5, 0.6) is 0 Å². The fourth-order valence-corrected chi connectivity index (χ4v) is 1.58. The molecule has 84 valence electrons. The summed E-state index contributed by atoms with van der Waals surface area (Å²) in [5.41, 5.74) is 1.91. The number of aliphatic hydroxyl groups excluding tert-OH is 1. The number of aromatic nitrogens is 2. The highest BCUT2D eigenvalue weighted by Gasteiger charge is 2.19. The highest BCUT2D eigenvalue weighted by atomic mass is 16.3. The van der Waals surface area contributed by atoms with Gasteiger partial charge in [-0.1, -0.05) is 26.0 Å². The normalized spacial score (nSPS) is 11.7. The van der Waals surface area contributed by atoms with E-state index in [-0.39, 0.29) is 12.0 Å². The van der Waals surface area contributed by atoms with Gasteiger partial charge in [0.1, 0.15) is 0 Å². The molecule has 0 saturated carbocycles. The van der Waals surface area contributed by atoms with Crippen molar-refractivity contribution >= 4 is 0 Å². The standard InChI is InChI=1S/C13H16N2O/c1-13(2,10-16)11-5-3-6-12(9-11)15-8-4-7-14-15/h3-9,16H,10H2,1-2H3. The second-order valence-corrected chi connectivity index (χ2v) is 4.54. The van der Waals surface area contributed by atoms with Crippen molar-refractivity contribution in [3.63, 3.8) is 0 Å². The molecule has 1 aromatic heterocycles. The molecule has 0 fully saturated rings. The minimum atomic E-state index is -0.219. The van der Waals surface area contributed by atoms with Gasteiger partial charge in [-0.15, -0.1) is 0 Å². The maximum absolute atomic E-state index is 9.35. The van der Waals surface area contributed by atoms with Gasteiger partial charge in [0.15, 0.2) is 0 Å². The van der Waals surface area contributed by atoms with Gasteiger partial charge in [-0.3, -0.25) is 0 Å². The molecule has 1 heterocycles. The van der Waals surface area contributed by atoms with Crippen molar-refractivity contribution in [1.82, 2.24) is 9.78 Å². The lowest BCUT2D eigenvalue weighted by Gasteiger charge is -2.22. The Morgan fingerprint density at radius 2 is 2.12 bits per heavy atom. The SMILES string of the molecule is CC(C)(CO)c1cccc(-n2cccn2)c1. The molecule has 1 aromatic carbocycles. The van der Waals surface area contributed by atoms with Crippen LogP contribution in [0.2, 0.25) is 0 Å². The van der Waals surface area contributed by atoms with Gasteiger partial charge in [0.25, 0.3) is 0 Å². The topological polar surface area (TPSA) is 38.0 Å². The van der Waals surface area contributed by atoms with E-state index in [1.54, 1.807) is 6.20 Å². The van der Waals surface area contributed by atoms with Gasteiger partial charge in [-0.05, 0) is 23.8 Å². The van der Waals surface area contributed by atoms with E-state index < -0.39 is 0 Å². The summed E-state index contributed by atoms with van der Waals surface area (Å²) in [6, 6.07) is 9.98. The number of hydrogen-bond acceptors (Lipinski definition) is 2. The molecule has 0 spiro atoms. The summed E-state index contributed by atoms with van der Waals surface area (Å²) in [4.78, 5) is 0. The van der Waals surface area contributed by atoms with Crippen LogP contribution in [0.25, 0.3) is 5.69 Å². The van der Waals surface area contributed by atoms with E-state index in [9.17, 15) is 5.11 Å². The first-order valence-electron chi connectivity index (χ1n) is 5.35. The van der Waals surface area contributed by atoms with Gasteiger partial charge in [-0.2, -0.15) is 5.10 Å². The molecule has 0 atom stereocenters. The molecular weight excluding hydrogens is 200 g/mol. The third kappa shape index (κ3) is 1.99. The number of benzene rings is 1. The van der Waals surface area contributed by atoms with Crippen LogP contribution >= 0.6 is 0 Å². The zero-order valence-corrected chi connectivity index (χ0v) is 9.59. The van der Waals surface area contributed by atoms with E-state index in [2.05, 4.69) is 11.2 Å². The van der Waals surface area contributed by atoms with Gasteiger partial charge in [0, 0.05) is 17.8 Å². The Labute approximate surface area is 95.3 Å². The van der Waals surface area contributed by atoms with Gasteiger partial charge in [-0.25, -0.2) is 4.68 Å². The number of hydrogen-bond donors (Lipinski definition) is 1. The number of aliphatic hydroxyl groups is 1. The molecule has 16 heavy (non-hydrogen) atoms. The third-order valence-electron chi connectivity index (χ3n) is 2.79. The molecule has 0 amide bonds. The van der Waals surface area contributed by atoms with E-state index in [0.717, 1.165) is 11.3 Å². The molecule has 0 aliphatic carbocycles. The van der Waals surface area contributed by atoms with Crippen LogP contribution in [0.3, 0.4) is 0 Å². The predicted octanol–water partition coefficient (Wildman–Crippen LogP) is 2.14. The highest BCUT2D eigenvalue weighted by Crippen LogP contribution is 2.24. The quantitative estimate of drug-likeness (QED) is 0.853. The summed E-state index contributed by atoms with van der Waals surface area (Å²) in [6.07, 6.45) is 3.66. The smallest absolute Gasteiger partial charge is 0.0648 e. The van der Waals surface area contributed by atoms with Crippen molar-refractivity contribution in [2.75, 3.05) is 6.61 Å². The van der Waals surface area contributed by atoms with Crippen LogP contribution in [0.15, 0.2) is 42.7 Å². The third-order valence-corrected chi connectivity index (χ3v) is 2.79. The molecule has 2 rings (SSSR count). The van der Waals surface area contributed by atoms with E-state index >= 15 is 0 Å². The average Bonchev–Trinajstić information content (AvgIpc) is 2.83. The molecule has 1 N–H and O–H groups in total. The van der Waals surface area contributed by atoms with E-state index in [1.165, 1.54) is 0 Å². The Morgan fingerprint density at radius 1 is 1.31 bits per heavy atom. The average molecular weight is 216 g/mol. The Balaban J connectivity index is 2.41. The molecule has 3 heteroatoms. The summed E-state index contributed by atoms with van der Waals surface area (Å²) in [7, 11) is 0. The molecule has 3 nitrogen and oxygen atoms in total. The van der Waals surface area contributed by atoms with E-state index in [4.69, 9.17) is 0 Å². The maximum Gasteiger partial charge on any atom is 0.0648 e. The molecular formula is C13H16N2O. The lowest BCUT2D eigenvalue weighted by atomic mass is 9.85. The molecule has 0 bridgehead atoms. The van der Waals surface area contributed by atoms with Gasteiger partial charge in [0.2, 0.25) is 0 Å². The second kappa shape index (κ2) is 4.10. The van der Waals surface area contributed by atoms with Gasteiger partial charge < -0.3 is 5.11 Å². The Kier molecular flexibility index (Phi) is 2.79. The number of nitrogens with zero attached hydrogens (tertiary/aromatic N) is 2. The number of rotatable bonds is 3. The Morgan fingerprint density at radius 3 is 2.75 bits per heavy atom. The van der Waals surface area contributed by atoms with Crippen molar-refractivity contribution in [2.24, 2.45) is 0 Å². The Hall–Kier alpha value is -1.61. The molecule has 0 radical (unpaired) electrons. The van der Waals surface area contributed by atoms with Crippen LogP contribution in [0, 0.1) is 0 Å². The van der Waals surface area contributed by atoms with Crippen LogP contribution in [0.4, 0.5) is 0 Å². The van der Waals surface area contributed by atoms with Crippen LogP contribution in [-0.4, -0.2) is 21.5 Å². The largest absolute Gasteiger partial charge is 0.395 e. The first-order chi connectivity index (χ1) is 7.63. The molecule has 0 unspecified atom stereocenters. The lowest BCUT2D eigenvalue weighted by Crippen LogP contribution is -2.22. The molecule has 2 aromatic rings. The van der Waals surface area contributed by atoms with E-state index in [0.29, 0.717) is 0 Å². The highest BCUT2D eigenvalue weighted by molar-refractivity contribution is 5.38. The predicted molar refractivity (Wildman–Crippen MR) is 63.7 cm³/mol. The fraction of sp³-hybridized carbons (Fsp3) is 0.308. The summed E-state index contributed by atoms with van der Waals surface area (Å²) < 4.78 is 1.82. The van der Waals surface area contributed by atoms with Gasteiger partial charge in [0.05, 0.1) is 12.3 Å². The Bertz CT molecular complexity index is 461. The molecule has 0 saturated heterocycles. The monoisotopic (exact) mass is 216 g/mol. The van der Waals surface area contributed by atoms with Crippen molar-refractivity contribution in [3.05, 3.63) is 48.3 Å². The lowest BCUT2D eigenvalue weighted by molar-refractivity contribution is 0.218. The maximum atomic E-state index is 9.35. The van der Waals surface area contributed by atoms with Crippen molar-refractivity contribution in [1.29, 1.82) is 0 Å². The van der Waals surface area contributed by atoms with Crippen LogP contribution in [-0.2, 0) is 5.41 Å². The first kappa shape index (κ1) is 10.9. The zero-order chi connectivity index (χ0) is 11.6. The summed E-state index contributed by atoms with van der Waals surface area (Å²) in [6.45, 7) is 4.18. The summed E-state index contributed by atoms with van der Waals surface area (Å²) >= 11 is 0. The van der Waals surface area contributed by atoms with E-state index in [1.807, 2.05) is 49.0 Å². The molecule has 0 aliphatic heterocycles. The van der Waals surface area contributed by atoms with Crippen molar-refractivity contribution < 1.29 is 5.11 Å². The zero-order valence-electron chi connectivity index (χ0n) is 9.59. The van der Waals surface area contributed by atoms with Crippen LogP contribution in [0.1, 0.15) is 19.4 Å². The fourth-order valence-electron chi connectivity index (χ4n) is 1.58. The summed E-state index contributed by atoms with van der Waals surface area (Å²) in [5.74, 6) is 0. The van der Waals surface area contributed by atoms with Gasteiger partial charge >= 0.3 is 0 Å². The second-order valence-electron chi connectivity index (χ2n) is 4.54. The minimum absolute atomic E-state index is 0.134. The van der Waals surface area contributed by atoms with Crippen molar-refractivity contribution in [3.8, 4) is 5.69 Å². The van der Waals surface area contributed by atoms with Crippen molar-refractivity contribution in [2.45, 2.75) is 19.3 Å². The van der Waals surface area contributed by atoms with Crippen LogP contribution < -0.4 is 0 Å².